The molecule has 2 amide bonds. The number of hydrogen-bond acceptors (Lipinski definition) is 3. The summed E-state index contributed by atoms with van der Waals surface area (Å²) >= 11 is 0. The summed E-state index contributed by atoms with van der Waals surface area (Å²) in [4.78, 5) is 40.0. The van der Waals surface area contributed by atoms with Gasteiger partial charge in [-0.1, -0.05) is 12.1 Å². The molecule has 2 saturated heterocycles. The molecule has 0 radical (unpaired) electrons. The van der Waals surface area contributed by atoms with E-state index in [0.717, 1.165) is 12.0 Å². The molecule has 3 rings (SSSR count). The minimum atomic E-state index is -0.854. The van der Waals surface area contributed by atoms with Crippen LogP contribution in [0.3, 0.4) is 0 Å². The summed E-state index contributed by atoms with van der Waals surface area (Å²) in [6.45, 7) is 1.82. The molecule has 0 aliphatic carbocycles. The van der Waals surface area contributed by atoms with Crippen molar-refractivity contribution in [2.24, 2.45) is 11.8 Å². The van der Waals surface area contributed by atoms with Gasteiger partial charge in [0.25, 0.3) is 0 Å². The van der Waals surface area contributed by atoms with E-state index in [2.05, 4.69) is 0 Å². The van der Waals surface area contributed by atoms with E-state index in [1.807, 2.05) is 0 Å². The van der Waals surface area contributed by atoms with Gasteiger partial charge in [-0.15, -0.1) is 0 Å². The molecule has 1 aromatic carbocycles. The predicted octanol–water partition coefficient (Wildman–Crippen LogP) is 1.93. The molecule has 2 aliphatic rings. The molecule has 146 valence electrons. The van der Waals surface area contributed by atoms with Crippen LogP contribution >= 0.6 is 0 Å². The van der Waals surface area contributed by atoms with Gasteiger partial charge in [-0.3, -0.25) is 14.4 Å². The first-order valence-electron chi connectivity index (χ1n) is 9.48. The van der Waals surface area contributed by atoms with Crippen LogP contribution in [0.2, 0.25) is 0 Å². The number of carboxylic acids is 1. The zero-order valence-corrected chi connectivity index (χ0v) is 15.3. The van der Waals surface area contributed by atoms with Gasteiger partial charge >= 0.3 is 5.97 Å². The fourth-order valence-corrected chi connectivity index (χ4v) is 3.93. The molecule has 2 heterocycles. The minimum absolute atomic E-state index is 0.0415. The summed E-state index contributed by atoms with van der Waals surface area (Å²) in [5, 5.41) is 9.21. The van der Waals surface area contributed by atoms with Crippen LogP contribution in [0.4, 0.5) is 4.39 Å². The van der Waals surface area contributed by atoms with Crippen LogP contribution in [0.15, 0.2) is 24.3 Å². The van der Waals surface area contributed by atoms with Crippen molar-refractivity contribution in [3.63, 3.8) is 0 Å². The number of benzene rings is 1. The van der Waals surface area contributed by atoms with E-state index in [1.54, 1.807) is 21.9 Å². The van der Waals surface area contributed by atoms with Gasteiger partial charge in [0.05, 0.1) is 18.3 Å². The quantitative estimate of drug-likeness (QED) is 0.871. The number of aliphatic carboxylic acids is 1. The van der Waals surface area contributed by atoms with E-state index in [9.17, 15) is 23.9 Å². The van der Waals surface area contributed by atoms with Gasteiger partial charge in [-0.2, -0.15) is 0 Å². The molecule has 7 heteroatoms. The first-order chi connectivity index (χ1) is 12.9. The summed E-state index contributed by atoms with van der Waals surface area (Å²) in [7, 11) is 0. The van der Waals surface area contributed by atoms with Gasteiger partial charge in [0.2, 0.25) is 11.8 Å². The van der Waals surface area contributed by atoms with Gasteiger partial charge < -0.3 is 14.9 Å². The predicted molar refractivity (Wildman–Crippen MR) is 96.3 cm³/mol. The first-order valence-corrected chi connectivity index (χ1v) is 9.48. The molecule has 2 atom stereocenters. The maximum atomic E-state index is 13.0. The van der Waals surface area contributed by atoms with Crippen LogP contribution < -0.4 is 0 Å². The van der Waals surface area contributed by atoms with E-state index in [1.165, 1.54) is 12.1 Å². The number of halogens is 1. The van der Waals surface area contributed by atoms with E-state index in [0.29, 0.717) is 38.9 Å². The highest BCUT2D eigenvalue weighted by atomic mass is 19.1. The number of carbonyl (C=O) groups excluding carboxylic acids is 2. The number of piperidine rings is 2. The highest BCUT2D eigenvalue weighted by molar-refractivity contribution is 5.83. The second-order valence-corrected chi connectivity index (χ2v) is 7.44. The van der Waals surface area contributed by atoms with Crippen LogP contribution in [-0.2, 0) is 20.8 Å². The van der Waals surface area contributed by atoms with Crippen molar-refractivity contribution < 1.29 is 23.9 Å². The molecular formula is C20H25FN2O4. The van der Waals surface area contributed by atoms with Crippen molar-refractivity contribution in [1.29, 1.82) is 0 Å². The molecule has 0 spiro atoms. The second kappa shape index (κ2) is 8.50. The number of rotatable bonds is 4. The molecule has 1 aromatic rings. The van der Waals surface area contributed by atoms with E-state index in [-0.39, 0.29) is 36.5 Å². The third-order valence-electron chi connectivity index (χ3n) is 5.47. The molecule has 6 nitrogen and oxygen atoms in total. The maximum absolute atomic E-state index is 13.0. The number of nitrogens with zero attached hydrogens (tertiary/aromatic N) is 2. The zero-order chi connectivity index (χ0) is 19.4. The van der Waals surface area contributed by atoms with Gasteiger partial charge in [0.15, 0.2) is 0 Å². The lowest BCUT2D eigenvalue weighted by molar-refractivity contribution is -0.147. The van der Waals surface area contributed by atoms with Crippen molar-refractivity contribution in [3.05, 3.63) is 35.6 Å². The third-order valence-corrected chi connectivity index (χ3v) is 5.47. The van der Waals surface area contributed by atoms with Crippen molar-refractivity contribution in [2.75, 3.05) is 26.2 Å². The molecule has 0 saturated carbocycles. The molecule has 0 bridgehead atoms. The lowest BCUT2D eigenvalue weighted by atomic mass is 9.93. The Labute approximate surface area is 157 Å². The Balaban J connectivity index is 1.58. The number of likely N-dealkylation sites (tertiary alicyclic amines) is 2. The number of carboxylic acid groups (broad SMARTS) is 1. The van der Waals surface area contributed by atoms with E-state index >= 15 is 0 Å². The first kappa shape index (κ1) is 19.3. The molecule has 2 aliphatic heterocycles. The van der Waals surface area contributed by atoms with Crippen LogP contribution in [0.25, 0.3) is 0 Å². The fourth-order valence-electron chi connectivity index (χ4n) is 3.93. The Morgan fingerprint density at radius 1 is 0.963 bits per heavy atom. The SMILES string of the molecule is O=C(O)[C@H]1CCCN(C(=O)[C@H]2CCCN(C(=O)Cc3ccc(F)cc3)C2)C1. The van der Waals surface area contributed by atoms with Gasteiger partial charge in [-0.05, 0) is 43.4 Å². The topological polar surface area (TPSA) is 77.9 Å². The summed E-state index contributed by atoms with van der Waals surface area (Å²) in [5.41, 5.74) is 0.746. The van der Waals surface area contributed by atoms with Crippen molar-refractivity contribution in [1.82, 2.24) is 9.80 Å². The van der Waals surface area contributed by atoms with Crippen LogP contribution in [0.5, 0.6) is 0 Å². The molecular weight excluding hydrogens is 351 g/mol. The van der Waals surface area contributed by atoms with Crippen molar-refractivity contribution >= 4 is 17.8 Å². The Bertz CT molecular complexity index is 706. The Kier molecular flexibility index (Phi) is 6.08. The zero-order valence-electron chi connectivity index (χ0n) is 15.3. The van der Waals surface area contributed by atoms with Gasteiger partial charge in [0, 0.05) is 26.2 Å². The molecule has 0 aromatic heterocycles. The van der Waals surface area contributed by atoms with Crippen LogP contribution in [0.1, 0.15) is 31.2 Å². The average Bonchev–Trinajstić information content (AvgIpc) is 2.69. The third kappa shape index (κ3) is 4.84. The van der Waals surface area contributed by atoms with Crippen LogP contribution in [0, 0.1) is 17.7 Å². The molecule has 1 N–H and O–H groups in total. The monoisotopic (exact) mass is 376 g/mol. The average molecular weight is 376 g/mol. The lowest BCUT2D eigenvalue weighted by Crippen LogP contribution is -2.50. The summed E-state index contributed by atoms with van der Waals surface area (Å²) < 4.78 is 13.0. The van der Waals surface area contributed by atoms with Crippen molar-refractivity contribution in [3.8, 4) is 0 Å². The van der Waals surface area contributed by atoms with Gasteiger partial charge in [0.1, 0.15) is 5.82 Å². The smallest absolute Gasteiger partial charge is 0.308 e. The number of amides is 2. The summed E-state index contributed by atoms with van der Waals surface area (Å²) in [6.07, 6.45) is 2.95. The Morgan fingerprint density at radius 2 is 1.56 bits per heavy atom. The highest BCUT2D eigenvalue weighted by Gasteiger charge is 2.34. The fraction of sp³-hybridized carbons (Fsp3) is 0.550. The molecule has 0 unspecified atom stereocenters. The second-order valence-electron chi connectivity index (χ2n) is 7.44. The largest absolute Gasteiger partial charge is 0.481 e. The summed E-state index contributed by atoms with van der Waals surface area (Å²) in [6, 6.07) is 5.86. The Morgan fingerprint density at radius 3 is 2.22 bits per heavy atom. The highest BCUT2D eigenvalue weighted by Crippen LogP contribution is 2.24. The standard InChI is InChI=1S/C20H25FN2O4/c21-17-7-5-14(6-8-17)11-18(24)22-9-1-3-15(12-22)19(25)23-10-2-4-16(13-23)20(26)27/h5-8,15-16H,1-4,9-13H2,(H,26,27)/t15-,16-/m0/s1. The Hall–Kier alpha value is -2.44. The van der Waals surface area contributed by atoms with Gasteiger partial charge in [-0.25, -0.2) is 4.39 Å². The molecule has 2 fully saturated rings. The molecule has 27 heavy (non-hydrogen) atoms. The van der Waals surface area contributed by atoms with E-state index < -0.39 is 11.9 Å². The lowest BCUT2D eigenvalue weighted by Gasteiger charge is -2.37. The number of carbonyl (C=O) groups is 3. The van der Waals surface area contributed by atoms with E-state index in [4.69, 9.17) is 0 Å². The maximum Gasteiger partial charge on any atom is 0.308 e. The van der Waals surface area contributed by atoms with Crippen molar-refractivity contribution in [2.45, 2.75) is 32.1 Å². The number of hydrogen-bond donors (Lipinski definition) is 1. The minimum Gasteiger partial charge on any atom is -0.481 e. The summed E-state index contributed by atoms with van der Waals surface area (Å²) in [5.74, 6) is -2.07. The normalized spacial score (nSPS) is 23.1. The van der Waals surface area contributed by atoms with Crippen LogP contribution in [-0.4, -0.2) is 58.9 Å².